The van der Waals surface area contributed by atoms with E-state index in [0.29, 0.717) is 12.1 Å². The molecular formula is C12H17FN2O. The van der Waals surface area contributed by atoms with Gasteiger partial charge in [0.15, 0.2) is 0 Å². The molecule has 0 saturated heterocycles. The highest BCUT2D eigenvalue weighted by Crippen LogP contribution is 2.07. The van der Waals surface area contributed by atoms with Gasteiger partial charge in [0.2, 0.25) is 5.91 Å². The molecule has 3 nitrogen and oxygen atoms in total. The Hall–Kier alpha value is -1.42. The molecule has 1 aromatic carbocycles. The fourth-order valence-corrected chi connectivity index (χ4v) is 1.46. The third-order valence-electron chi connectivity index (χ3n) is 2.32. The van der Waals surface area contributed by atoms with Crippen LogP contribution in [0.25, 0.3) is 0 Å². The molecule has 0 bridgehead atoms. The Kier molecular flexibility index (Phi) is 4.92. The highest BCUT2D eigenvalue weighted by Gasteiger charge is 2.09. The molecule has 0 saturated carbocycles. The van der Waals surface area contributed by atoms with Crippen molar-refractivity contribution in [1.29, 1.82) is 0 Å². The third kappa shape index (κ3) is 3.98. The van der Waals surface area contributed by atoms with Crippen LogP contribution in [0, 0.1) is 5.82 Å². The summed E-state index contributed by atoms with van der Waals surface area (Å²) in [5.41, 5.74) is 5.79. The molecule has 88 valence electrons. The van der Waals surface area contributed by atoms with Crippen molar-refractivity contribution in [2.45, 2.75) is 25.8 Å². The van der Waals surface area contributed by atoms with Gasteiger partial charge in [-0.05, 0) is 31.5 Å². The number of hydrogen-bond acceptors (Lipinski definition) is 2. The van der Waals surface area contributed by atoms with Crippen LogP contribution in [0.1, 0.15) is 18.9 Å². The van der Waals surface area contributed by atoms with Gasteiger partial charge in [-0.25, -0.2) is 4.39 Å². The lowest BCUT2D eigenvalue weighted by Crippen LogP contribution is -2.35. The zero-order valence-corrected chi connectivity index (χ0v) is 9.37. The molecule has 1 unspecified atom stereocenters. The van der Waals surface area contributed by atoms with E-state index in [1.165, 1.54) is 6.07 Å². The molecule has 0 aliphatic heterocycles. The minimum absolute atomic E-state index is 0.0317. The van der Waals surface area contributed by atoms with Crippen molar-refractivity contribution in [3.05, 3.63) is 35.6 Å². The van der Waals surface area contributed by atoms with Crippen molar-refractivity contribution in [2.24, 2.45) is 5.73 Å². The molecule has 0 radical (unpaired) electrons. The van der Waals surface area contributed by atoms with Crippen LogP contribution < -0.4 is 11.1 Å². The summed E-state index contributed by atoms with van der Waals surface area (Å²) in [5, 5.41) is 2.77. The number of nitrogens with two attached hydrogens (primary N) is 1. The van der Waals surface area contributed by atoms with Gasteiger partial charge in [-0.3, -0.25) is 4.79 Å². The van der Waals surface area contributed by atoms with Gasteiger partial charge in [0, 0.05) is 6.04 Å². The number of nitrogens with one attached hydrogen (secondary N) is 1. The van der Waals surface area contributed by atoms with Gasteiger partial charge in [0.05, 0.1) is 6.42 Å². The summed E-state index contributed by atoms with van der Waals surface area (Å²) in [6.45, 7) is 2.41. The Labute approximate surface area is 94.8 Å². The fourth-order valence-electron chi connectivity index (χ4n) is 1.46. The van der Waals surface area contributed by atoms with Crippen LogP contribution in [-0.4, -0.2) is 18.5 Å². The first kappa shape index (κ1) is 12.6. The quantitative estimate of drug-likeness (QED) is 0.790. The number of hydrogen-bond donors (Lipinski definition) is 2. The van der Waals surface area contributed by atoms with Gasteiger partial charge in [-0.2, -0.15) is 0 Å². The van der Waals surface area contributed by atoms with Gasteiger partial charge < -0.3 is 11.1 Å². The van der Waals surface area contributed by atoms with Crippen LogP contribution in [0.4, 0.5) is 4.39 Å². The molecule has 16 heavy (non-hydrogen) atoms. The second-order valence-corrected chi connectivity index (χ2v) is 3.81. The lowest BCUT2D eigenvalue weighted by molar-refractivity contribution is -0.121. The maximum atomic E-state index is 13.2. The van der Waals surface area contributed by atoms with Crippen molar-refractivity contribution < 1.29 is 9.18 Å². The largest absolute Gasteiger partial charge is 0.353 e. The van der Waals surface area contributed by atoms with E-state index in [1.54, 1.807) is 18.2 Å². The average Bonchev–Trinajstić information content (AvgIpc) is 2.21. The molecular weight excluding hydrogens is 207 g/mol. The summed E-state index contributed by atoms with van der Waals surface area (Å²) in [5.74, 6) is -0.518. The van der Waals surface area contributed by atoms with Gasteiger partial charge in [0.25, 0.3) is 0 Å². The van der Waals surface area contributed by atoms with E-state index >= 15 is 0 Å². The van der Waals surface area contributed by atoms with Gasteiger partial charge >= 0.3 is 0 Å². The zero-order chi connectivity index (χ0) is 12.0. The van der Waals surface area contributed by atoms with E-state index < -0.39 is 0 Å². The second-order valence-electron chi connectivity index (χ2n) is 3.81. The Morgan fingerprint density at radius 1 is 1.50 bits per heavy atom. The third-order valence-corrected chi connectivity index (χ3v) is 2.32. The summed E-state index contributed by atoms with van der Waals surface area (Å²) >= 11 is 0. The Morgan fingerprint density at radius 2 is 2.19 bits per heavy atom. The maximum absolute atomic E-state index is 13.2. The Bertz CT molecular complexity index is 355. The molecule has 0 spiro atoms. The van der Waals surface area contributed by atoms with Crippen molar-refractivity contribution in [1.82, 2.24) is 5.32 Å². The smallest absolute Gasteiger partial charge is 0.224 e. The van der Waals surface area contributed by atoms with Gasteiger partial charge in [0.1, 0.15) is 5.82 Å². The Balaban J connectivity index is 2.49. The van der Waals surface area contributed by atoms with Crippen LogP contribution in [0.3, 0.4) is 0 Å². The lowest BCUT2D eigenvalue weighted by atomic mass is 10.1. The summed E-state index contributed by atoms with van der Waals surface area (Å²) in [7, 11) is 0. The summed E-state index contributed by atoms with van der Waals surface area (Å²) in [6.07, 6.45) is 0.796. The maximum Gasteiger partial charge on any atom is 0.224 e. The fraction of sp³-hybridized carbons (Fsp3) is 0.417. The SMILES string of the molecule is CC(CCN)NC(=O)Cc1ccccc1F. The minimum Gasteiger partial charge on any atom is -0.353 e. The number of rotatable bonds is 5. The van der Waals surface area contributed by atoms with E-state index in [4.69, 9.17) is 5.73 Å². The summed E-state index contributed by atoms with van der Waals surface area (Å²) < 4.78 is 13.2. The molecule has 0 heterocycles. The first-order chi connectivity index (χ1) is 7.63. The van der Waals surface area contributed by atoms with Crippen molar-refractivity contribution in [3.8, 4) is 0 Å². The second kappa shape index (κ2) is 6.23. The predicted molar refractivity (Wildman–Crippen MR) is 61.4 cm³/mol. The molecule has 1 atom stereocenters. The van der Waals surface area contributed by atoms with Crippen molar-refractivity contribution in [3.63, 3.8) is 0 Å². The lowest BCUT2D eigenvalue weighted by Gasteiger charge is -2.12. The summed E-state index contributed by atoms with van der Waals surface area (Å²) in [4.78, 5) is 11.5. The topological polar surface area (TPSA) is 55.1 Å². The van der Waals surface area contributed by atoms with Crippen molar-refractivity contribution in [2.75, 3.05) is 6.54 Å². The van der Waals surface area contributed by atoms with Crippen LogP contribution in [0.2, 0.25) is 0 Å². The summed E-state index contributed by atoms with van der Waals surface area (Å²) in [6, 6.07) is 6.32. The molecule has 0 fully saturated rings. The van der Waals surface area contributed by atoms with E-state index in [9.17, 15) is 9.18 Å². The van der Waals surface area contributed by atoms with Crippen LogP contribution in [0.5, 0.6) is 0 Å². The standard InChI is InChI=1S/C12H17FN2O/c1-9(6-7-14)15-12(16)8-10-4-2-3-5-11(10)13/h2-5,9H,6-8,14H2,1H3,(H,15,16). The van der Waals surface area contributed by atoms with Crippen LogP contribution in [0.15, 0.2) is 24.3 Å². The molecule has 0 aliphatic rings. The highest BCUT2D eigenvalue weighted by molar-refractivity contribution is 5.78. The number of halogens is 1. The van der Waals surface area contributed by atoms with Crippen molar-refractivity contribution >= 4 is 5.91 Å². The van der Waals surface area contributed by atoms with E-state index in [2.05, 4.69) is 5.32 Å². The van der Waals surface area contributed by atoms with Crippen LogP contribution >= 0.6 is 0 Å². The monoisotopic (exact) mass is 224 g/mol. The van der Waals surface area contributed by atoms with Crippen LogP contribution in [-0.2, 0) is 11.2 Å². The molecule has 0 aliphatic carbocycles. The normalized spacial score (nSPS) is 12.2. The predicted octanol–water partition coefficient (Wildman–Crippen LogP) is 1.22. The van der Waals surface area contributed by atoms with Gasteiger partial charge in [-0.1, -0.05) is 18.2 Å². The highest BCUT2D eigenvalue weighted by atomic mass is 19.1. The molecule has 1 rings (SSSR count). The average molecular weight is 224 g/mol. The minimum atomic E-state index is -0.343. The number of carbonyl (C=O) groups excluding carboxylic acids is 1. The molecule has 1 aromatic rings. The van der Waals surface area contributed by atoms with Gasteiger partial charge in [-0.15, -0.1) is 0 Å². The molecule has 0 aromatic heterocycles. The number of amides is 1. The molecule has 1 amide bonds. The van der Waals surface area contributed by atoms with E-state index in [0.717, 1.165) is 6.42 Å². The molecule has 3 N–H and O–H groups in total. The first-order valence-corrected chi connectivity index (χ1v) is 5.36. The number of benzene rings is 1. The number of carbonyl (C=O) groups is 1. The molecule has 4 heteroatoms. The van der Waals surface area contributed by atoms with E-state index in [-0.39, 0.29) is 24.2 Å². The first-order valence-electron chi connectivity index (χ1n) is 5.36. The Morgan fingerprint density at radius 3 is 2.81 bits per heavy atom. The zero-order valence-electron chi connectivity index (χ0n) is 9.37. The van der Waals surface area contributed by atoms with E-state index in [1.807, 2.05) is 6.92 Å².